The molecule has 0 unspecified atom stereocenters. The van der Waals surface area contributed by atoms with E-state index >= 15 is 0 Å². The summed E-state index contributed by atoms with van der Waals surface area (Å²) < 4.78 is 33.6. The lowest BCUT2D eigenvalue weighted by Gasteiger charge is -2.13. The maximum absolute atomic E-state index is 14.3. The number of nitrogens with zero attached hydrogens (tertiary/aromatic N) is 2. The quantitative estimate of drug-likeness (QED) is 0.348. The van der Waals surface area contributed by atoms with Crippen molar-refractivity contribution in [3.63, 3.8) is 0 Å². The number of hydrogen-bond acceptors (Lipinski definition) is 7. The second kappa shape index (κ2) is 10.3. The van der Waals surface area contributed by atoms with Crippen molar-refractivity contribution in [1.82, 2.24) is 0 Å². The zero-order chi connectivity index (χ0) is 25.0. The molecule has 34 heavy (non-hydrogen) atoms. The van der Waals surface area contributed by atoms with Crippen LogP contribution in [0, 0.1) is 21.4 Å². The summed E-state index contributed by atoms with van der Waals surface area (Å²) in [5.41, 5.74) is -1.67. The fraction of sp³-hybridized carbons (Fsp3) is 0.0476. The summed E-state index contributed by atoms with van der Waals surface area (Å²) in [4.78, 5) is 46.6. The molecular formula is C21H12Cl2F2N4O5. The Morgan fingerprint density at radius 3 is 1.76 bits per heavy atom. The highest BCUT2D eigenvalue weighted by atomic mass is 35.5. The predicted molar refractivity (Wildman–Crippen MR) is 123 cm³/mol. The molecule has 0 heterocycles. The molecule has 0 saturated heterocycles. The van der Waals surface area contributed by atoms with E-state index in [1.54, 1.807) is 0 Å². The first kappa shape index (κ1) is 24.7. The number of carbonyl (C=O) groups is 2. The van der Waals surface area contributed by atoms with Gasteiger partial charge >= 0.3 is 0 Å². The number of ether oxygens (including phenoxy) is 1. The van der Waals surface area contributed by atoms with E-state index in [1.165, 1.54) is 19.2 Å². The van der Waals surface area contributed by atoms with Gasteiger partial charge in [0.25, 0.3) is 11.8 Å². The third kappa shape index (κ3) is 5.16. The number of amides is 2. The van der Waals surface area contributed by atoms with E-state index in [2.05, 4.69) is 21.0 Å². The van der Waals surface area contributed by atoms with Crippen LogP contribution in [0.5, 0.6) is 5.75 Å². The molecule has 3 aromatic rings. The molecule has 2 amide bonds. The van der Waals surface area contributed by atoms with Gasteiger partial charge in [-0.3, -0.25) is 9.59 Å². The molecule has 9 nitrogen and oxygen atoms in total. The number of benzene rings is 3. The van der Waals surface area contributed by atoms with Crippen LogP contribution in [0.25, 0.3) is 0 Å². The van der Waals surface area contributed by atoms with Crippen LogP contribution in [0.15, 0.2) is 52.8 Å². The molecule has 0 saturated carbocycles. The summed E-state index contributed by atoms with van der Waals surface area (Å²) in [7, 11) is 1.27. The van der Waals surface area contributed by atoms with Crippen LogP contribution in [0.3, 0.4) is 0 Å². The van der Waals surface area contributed by atoms with Crippen LogP contribution in [0.4, 0.5) is 31.5 Å². The van der Waals surface area contributed by atoms with Gasteiger partial charge in [-0.1, -0.05) is 23.2 Å². The summed E-state index contributed by atoms with van der Waals surface area (Å²) in [6.45, 7) is 0. The minimum Gasteiger partial charge on any atom is -0.496 e. The van der Waals surface area contributed by atoms with Gasteiger partial charge < -0.3 is 15.4 Å². The zero-order valence-corrected chi connectivity index (χ0v) is 18.5. The Morgan fingerprint density at radius 2 is 1.32 bits per heavy atom. The Bertz CT molecular complexity index is 1290. The molecular weight excluding hydrogens is 497 g/mol. The summed E-state index contributed by atoms with van der Waals surface area (Å²) in [5.74, 6) is -3.73. The third-order valence-electron chi connectivity index (χ3n) is 4.45. The van der Waals surface area contributed by atoms with Crippen molar-refractivity contribution in [2.45, 2.75) is 0 Å². The van der Waals surface area contributed by atoms with Gasteiger partial charge in [0.05, 0.1) is 34.1 Å². The molecule has 3 aromatic carbocycles. The highest BCUT2D eigenvalue weighted by Crippen LogP contribution is 2.33. The van der Waals surface area contributed by atoms with Crippen LogP contribution in [0.2, 0.25) is 10.0 Å². The summed E-state index contributed by atoms with van der Waals surface area (Å²) in [6.07, 6.45) is 0. The lowest BCUT2D eigenvalue weighted by molar-refractivity contribution is 0.102. The predicted octanol–water partition coefficient (Wildman–Crippen LogP) is 6.58. The Hall–Kier alpha value is -3.96. The van der Waals surface area contributed by atoms with Gasteiger partial charge in [-0.05, 0) is 40.7 Å². The van der Waals surface area contributed by atoms with Crippen LogP contribution >= 0.6 is 23.2 Å². The maximum atomic E-state index is 14.3. The Labute approximate surface area is 200 Å². The molecule has 0 atom stereocenters. The highest BCUT2D eigenvalue weighted by molar-refractivity contribution is 6.34. The van der Waals surface area contributed by atoms with Gasteiger partial charge in [0.15, 0.2) is 11.6 Å². The highest BCUT2D eigenvalue weighted by Gasteiger charge is 2.21. The molecule has 2 N–H and O–H groups in total. The molecule has 3 rings (SSSR count). The first-order chi connectivity index (χ1) is 16.2. The van der Waals surface area contributed by atoms with Crippen LogP contribution in [-0.4, -0.2) is 18.9 Å². The van der Waals surface area contributed by atoms with Gasteiger partial charge in [-0.25, -0.2) is 8.78 Å². The number of nitrogens with one attached hydrogen (secondary N) is 2. The first-order valence-electron chi connectivity index (χ1n) is 9.14. The molecule has 0 aromatic heterocycles. The molecule has 0 bridgehead atoms. The molecule has 0 spiro atoms. The van der Waals surface area contributed by atoms with E-state index in [0.717, 1.165) is 30.3 Å². The molecule has 0 aliphatic carbocycles. The van der Waals surface area contributed by atoms with Crippen LogP contribution in [-0.2, 0) is 0 Å². The number of hydrogen-bond donors (Lipinski definition) is 2. The van der Waals surface area contributed by atoms with Crippen LogP contribution < -0.4 is 15.4 Å². The van der Waals surface area contributed by atoms with Gasteiger partial charge in [0.1, 0.15) is 17.1 Å². The first-order valence-corrected chi connectivity index (χ1v) is 9.89. The minimum absolute atomic E-state index is 0.0300. The normalized spacial score (nSPS) is 10.4. The second-order valence-electron chi connectivity index (χ2n) is 6.57. The monoisotopic (exact) mass is 508 g/mol. The van der Waals surface area contributed by atoms with Gasteiger partial charge in [-0.15, -0.1) is 9.81 Å². The lowest BCUT2D eigenvalue weighted by atomic mass is 10.1. The topological polar surface area (TPSA) is 126 Å². The third-order valence-corrected chi connectivity index (χ3v) is 5.04. The van der Waals surface area contributed by atoms with Crippen molar-refractivity contribution in [2.75, 3.05) is 17.7 Å². The largest absolute Gasteiger partial charge is 0.496 e. The Morgan fingerprint density at radius 1 is 0.824 bits per heavy atom. The van der Waals surface area contributed by atoms with E-state index in [4.69, 9.17) is 27.9 Å². The van der Waals surface area contributed by atoms with Crippen molar-refractivity contribution >= 4 is 57.8 Å². The Balaban J connectivity index is 1.92. The molecule has 0 radical (unpaired) electrons. The summed E-state index contributed by atoms with van der Waals surface area (Å²) >= 11 is 11.8. The summed E-state index contributed by atoms with van der Waals surface area (Å²) in [5, 5.41) is 9.09. The minimum atomic E-state index is -1.01. The summed E-state index contributed by atoms with van der Waals surface area (Å²) in [6, 6.07) is 7.37. The van der Waals surface area contributed by atoms with Crippen molar-refractivity contribution in [1.29, 1.82) is 0 Å². The van der Waals surface area contributed by atoms with Crippen LogP contribution in [0.1, 0.15) is 20.7 Å². The number of methoxy groups -OCH3 is 1. The molecule has 174 valence electrons. The second-order valence-corrected chi connectivity index (χ2v) is 7.39. The lowest BCUT2D eigenvalue weighted by Crippen LogP contribution is -2.18. The van der Waals surface area contributed by atoms with Gasteiger partial charge in [0, 0.05) is 17.7 Å². The maximum Gasteiger partial charge on any atom is 0.259 e. The van der Waals surface area contributed by atoms with Gasteiger partial charge in [-0.2, -0.15) is 0 Å². The van der Waals surface area contributed by atoms with E-state index in [0.29, 0.717) is 0 Å². The van der Waals surface area contributed by atoms with E-state index in [9.17, 15) is 28.2 Å². The SMILES string of the molecule is COc1ccc(C(=O)Nc2c(F)cc(N=O)cc2Cl)cc1C(=O)Nc1c(F)cc(N=O)cc1Cl. The molecule has 0 aliphatic heterocycles. The number of anilines is 2. The van der Waals surface area contributed by atoms with Crippen molar-refractivity contribution in [3.05, 3.63) is 85.1 Å². The average molecular weight is 509 g/mol. The fourth-order valence-electron chi connectivity index (χ4n) is 2.86. The fourth-order valence-corrected chi connectivity index (χ4v) is 3.36. The standard InChI is InChI=1S/C21H12Cl2F2N4O5/c1-34-17-3-2-9(20(30)26-18-13(22)5-10(28-32)7-15(18)24)4-12(17)21(31)27-19-14(23)6-11(29-33)8-16(19)25/h2-8H,1H3,(H,26,30)(H,27,31). The van der Waals surface area contributed by atoms with Gasteiger partial charge in [0.2, 0.25) is 0 Å². The smallest absolute Gasteiger partial charge is 0.259 e. The van der Waals surface area contributed by atoms with Crippen molar-refractivity contribution in [2.24, 2.45) is 10.4 Å². The Kier molecular flexibility index (Phi) is 7.49. The van der Waals surface area contributed by atoms with E-state index in [1.807, 2.05) is 0 Å². The number of nitroso groups, excluding NO2 is 2. The average Bonchev–Trinajstić information content (AvgIpc) is 2.82. The molecule has 0 aliphatic rings. The number of rotatable bonds is 7. The number of carbonyl (C=O) groups excluding carboxylic acids is 2. The number of halogens is 4. The van der Waals surface area contributed by atoms with Crippen molar-refractivity contribution < 1.29 is 23.1 Å². The zero-order valence-electron chi connectivity index (χ0n) is 17.0. The van der Waals surface area contributed by atoms with E-state index in [-0.39, 0.29) is 38.3 Å². The van der Waals surface area contributed by atoms with E-state index < -0.39 is 34.8 Å². The molecule has 0 fully saturated rings. The molecule has 13 heteroatoms. The van der Waals surface area contributed by atoms with Crippen molar-refractivity contribution in [3.8, 4) is 5.75 Å².